The number of amides is 1. The highest BCUT2D eigenvalue weighted by Crippen LogP contribution is 2.59. The van der Waals surface area contributed by atoms with Crippen LogP contribution in [0.3, 0.4) is 0 Å². The van der Waals surface area contributed by atoms with Gasteiger partial charge in [0.15, 0.2) is 17.7 Å². The first kappa shape index (κ1) is 32.0. The van der Waals surface area contributed by atoms with Crippen LogP contribution >= 0.6 is 25.8 Å². The summed E-state index contributed by atoms with van der Waals surface area (Å²) in [5.74, 6) is -1.47. The Labute approximate surface area is 271 Å². The summed E-state index contributed by atoms with van der Waals surface area (Å²) in [6.45, 7) is -5.00. The molecule has 0 saturated carbocycles. The minimum absolute atomic E-state index is 0.190. The number of hydrogen-bond acceptors (Lipinski definition) is 15. The number of carbonyl (C=O) groups is 1. The Morgan fingerprint density at radius 3 is 2.50 bits per heavy atom. The second-order valence-corrected chi connectivity index (χ2v) is 16.8. The molecular weight excluding hydrogens is 684 g/mol. The van der Waals surface area contributed by atoms with Gasteiger partial charge in [0.1, 0.15) is 48.0 Å². The Bertz CT molecular complexity index is 1930. The van der Waals surface area contributed by atoms with Crippen LogP contribution in [0, 0.1) is 11.8 Å². The lowest BCUT2D eigenvalue weighted by molar-refractivity contribution is -0.0581. The summed E-state index contributed by atoms with van der Waals surface area (Å²) in [4.78, 5) is 35.7. The molecule has 246 valence electrons. The largest absolute Gasteiger partial charge is 0.386 e. The van der Waals surface area contributed by atoms with E-state index in [-0.39, 0.29) is 30.1 Å². The third-order valence-electron chi connectivity index (χ3n) is 8.28. The van der Waals surface area contributed by atoms with Gasteiger partial charge in [0.2, 0.25) is 0 Å². The van der Waals surface area contributed by atoms with Gasteiger partial charge >= 0.3 is 13.5 Å². The molecule has 1 aromatic carbocycles. The van der Waals surface area contributed by atoms with E-state index >= 15 is 0 Å². The Balaban J connectivity index is 1.16. The van der Waals surface area contributed by atoms with Crippen LogP contribution in [0.15, 0.2) is 30.9 Å². The average molecular weight is 714 g/mol. The molecule has 0 spiro atoms. The number of hydrogen-bond donors (Lipinski definition) is 4. The maximum atomic E-state index is 13.6. The van der Waals surface area contributed by atoms with Gasteiger partial charge in [-0.2, -0.15) is 0 Å². The van der Waals surface area contributed by atoms with Crippen molar-refractivity contribution in [2.75, 3.05) is 18.9 Å². The van der Waals surface area contributed by atoms with Crippen molar-refractivity contribution in [3.8, 4) is 0 Å². The fourth-order valence-electron chi connectivity index (χ4n) is 6.07. The molecule has 0 radical (unpaired) electrons. The number of carbonyl (C=O) groups excluding carboxylic acids is 1. The van der Waals surface area contributed by atoms with Crippen molar-refractivity contribution < 1.29 is 41.8 Å². The van der Waals surface area contributed by atoms with Crippen molar-refractivity contribution in [2.45, 2.75) is 50.7 Å². The Morgan fingerprint density at radius 2 is 1.74 bits per heavy atom. The first-order valence-electron chi connectivity index (χ1n) is 14.0. The monoisotopic (exact) mass is 713 g/mol. The molecule has 3 saturated heterocycles. The van der Waals surface area contributed by atoms with Crippen molar-refractivity contribution in [2.24, 2.45) is 17.6 Å². The van der Waals surface area contributed by atoms with Crippen LogP contribution in [0.5, 0.6) is 0 Å². The lowest BCUT2D eigenvalue weighted by Crippen LogP contribution is -2.35. The lowest BCUT2D eigenvalue weighted by Gasteiger charge is -2.30. The maximum absolute atomic E-state index is 13.6. The van der Waals surface area contributed by atoms with Gasteiger partial charge in [-0.1, -0.05) is 37.4 Å². The van der Waals surface area contributed by atoms with Crippen molar-refractivity contribution >= 4 is 71.5 Å². The summed E-state index contributed by atoms with van der Waals surface area (Å²) in [6, 6.07) is 4.89. The third kappa shape index (κ3) is 5.64. The van der Waals surface area contributed by atoms with Gasteiger partial charge < -0.3 is 34.9 Å². The minimum atomic E-state index is -4.06. The number of rotatable bonds is 3. The topological polar surface area (TPSA) is 236 Å². The molecule has 3 fully saturated rings. The SMILES string of the molecule is C[C@@H]1[C@@H]2OP(O)(=S)OC[C@H]3O[C@@H](n4nnc5c(C(N)=O)cccc54)[C@H](C)[C@@H]3OP(=O)(S)OC[C@H]2O[C@H]1n1cnc2c(N)ncnc21. The zero-order valence-electron chi connectivity index (χ0n) is 24.2. The Kier molecular flexibility index (Phi) is 8.21. The molecule has 3 aliphatic rings. The summed E-state index contributed by atoms with van der Waals surface area (Å²) in [7, 11) is 0. The average Bonchev–Trinajstić information content (AvgIpc) is 3.76. The van der Waals surface area contributed by atoms with E-state index in [0.29, 0.717) is 16.7 Å². The molecule has 5 N–H and O–H groups in total. The molecule has 3 aliphatic heterocycles. The van der Waals surface area contributed by atoms with Crippen LogP contribution in [0.4, 0.5) is 5.82 Å². The molecule has 0 bridgehead atoms. The van der Waals surface area contributed by atoms with Crippen LogP contribution in [0.1, 0.15) is 36.7 Å². The van der Waals surface area contributed by atoms with E-state index in [0.717, 1.165) is 0 Å². The van der Waals surface area contributed by atoms with Gasteiger partial charge in [-0.05, 0) is 23.9 Å². The number of imidazole rings is 1. The summed E-state index contributed by atoms with van der Waals surface area (Å²) >= 11 is 9.66. The van der Waals surface area contributed by atoms with Crippen molar-refractivity contribution in [3.05, 3.63) is 36.4 Å². The number of anilines is 1. The fraction of sp³-hybridized carbons (Fsp3) is 0.500. The van der Waals surface area contributed by atoms with E-state index in [1.54, 1.807) is 29.7 Å². The van der Waals surface area contributed by atoms with E-state index in [9.17, 15) is 14.3 Å². The summed E-state index contributed by atoms with van der Waals surface area (Å²) < 4.78 is 52.9. The molecule has 0 aliphatic carbocycles. The highest BCUT2D eigenvalue weighted by molar-refractivity contribution is 8.44. The molecule has 10 atom stereocenters. The van der Waals surface area contributed by atoms with Gasteiger partial charge in [0, 0.05) is 11.8 Å². The van der Waals surface area contributed by atoms with Crippen LogP contribution < -0.4 is 11.5 Å². The molecule has 6 heterocycles. The molecule has 2 unspecified atom stereocenters. The van der Waals surface area contributed by atoms with Gasteiger partial charge in [0.05, 0.1) is 30.6 Å². The fourth-order valence-corrected chi connectivity index (χ4v) is 9.14. The zero-order valence-corrected chi connectivity index (χ0v) is 27.7. The van der Waals surface area contributed by atoms with Crippen molar-refractivity contribution in [1.29, 1.82) is 0 Å². The maximum Gasteiger partial charge on any atom is 0.386 e. The highest BCUT2D eigenvalue weighted by atomic mass is 32.7. The van der Waals surface area contributed by atoms with Gasteiger partial charge in [-0.3, -0.25) is 18.4 Å². The van der Waals surface area contributed by atoms with Crippen molar-refractivity contribution in [1.82, 2.24) is 34.5 Å². The molecule has 1 amide bonds. The van der Waals surface area contributed by atoms with E-state index in [2.05, 4.69) is 37.5 Å². The number of nitrogens with zero attached hydrogens (tertiary/aromatic N) is 7. The molecule has 4 aromatic rings. The number of nitrogens with two attached hydrogens (primary N) is 2. The molecule has 7 rings (SSSR count). The molecule has 3 aromatic heterocycles. The van der Waals surface area contributed by atoms with E-state index in [1.807, 2.05) is 6.92 Å². The number of benzene rings is 1. The first-order valence-corrected chi connectivity index (χ1v) is 19.3. The normalized spacial score (nSPS) is 37.0. The number of aromatic nitrogens is 7. The number of primary amides is 1. The third-order valence-corrected chi connectivity index (χ3v) is 11.5. The predicted molar refractivity (Wildman–Crippen MR) is 167 cm³/mol. The summed E-state index contributed by atoms with van der Waals surface area (Å²) in [5, 5.41) is 8.33. The van der Waals surface area contributed by atoms with E-state index in [1.165, 1.54) is 17.3 Å². The van der Waals surface area contributed by atoms with E-state index < -0.39 is 68.1 Å². The zero-order chi connectivity index (χ0) is 32.5. The van der Waals surface area contributed by atoms with Crippen LogP contribution in [-0.4, -0.2) is 82.9 Å². The summed E-state index contributed by atoms with van der Waals surface area (Å²) in [6.07, 6.45) is -2.35. The molecule has 46 heavy (non-hydrogen) atoms. The number of ether oxygens (including phenoxy) is 2. The van der Waals surface area contributed by atoms with Crippen LogP contribution in [-0.2, 0) is 43.9 Å². The standard InChI is InChI=1S/C24H29N9O9P2S2/c1-10-18-14(39-23(10)32-9-29-17-20(25)27-8-28-22(17)32)6-37-44(36,46)42-19-11(2)24(40-15(19)7-38-43(35,45)41-18)33-13-5-3-4-12(21(26)34)16(13)30-31-33/h3-5,8-11,14-15,18-19,23-24H,6-7H2,1-2H3,(H2,26,34)(H,35,45)(H,36,46)(H2,25,27,28)/t10-,11-,14-,15-,18+,19+,23-,24-,43?,44?/m1/s1. The highest BCUT2D eigenvalue weighted by Gasteiger charge is 2.51. The van der Waals surface area contributed by atoms with E-state index in [4.69, 9.17) is 50.8 Å². The molecule has 22 heteroatoms. The van der Waals surface area contributed by atoms with Crippen LogP contribution in [0.2, 0.25) is 0 Å². The van der Waals surface area contributed by atoms with Gasteiger partial charge in [0.25, 0.3) is 5.91 Å². The Morgan fingerprint density at radius 1 is 1.04 bits per heavy atom. The summed E-state index contributed by atoms with van der Waals surface area (Å²) in [5.41, 5.74) is 13.2. The Hall–Kier alpha value is -2.61. The number of thiol groups is 1. The minimum Gasteiger partial charge on any atom is -0.382 e. The van der Waals surface area contributed by atoms with Crippen molar-refractivity contribution in [3.63, 3.8) is 0 Å². The quantitative estimate of drug-likeness (QED) is 0.176. The number of nitrogen functional groups attached to an aromatic ring is 1. The number of fused-ring (bicyclic) bond motifs is 4. The van der Waals surface area contributed by atoms with Gasteiger partial charge in [-0.25, -0.2) is 24.2 Å². The lowest BCUT2D eigenvalue weighted by atomic mass is 10.0. The predicted octanol–water partition coefficient (Wildman–Crippen LogP) is 2.09. The van der Waals surface area contributed by atoms with Crippen LogP contribution in [0.25, 0.3) is 22.2 Å². The molecular formula is C24H29N9O9P2S2. The first-order chi connectivity index (χ1) is 21.8. The van der Waals surface area contributed by atoms with Gasteiger partial charge in [-0.15, -0.1) is 5.10 Å². The second kappa shape index (κ2) is 11.8. The smallest absolute Gasteiger partial charge is 0.382 e. The second-order valence-electron chi connectivity index (χ2n) is 11.2. The molecule has 18 nitrogen and oxygen atoms in total.